The zero-order chi connectivity index (χ0) is 18.6. The van der Waals surface area contributed by atoms with Gasteiger partial charge in [0.2, 0.25) is 0 Å². The maximum Gasteiger partial charge on any atom is 0.325 e. The Kier molecular flexibility index (Phi) is 5.97. The van der Waals surface area contributed by atoms with E-state index in [1.807, 2.05) is 6.92 Å². The molecule has 1 heterocycles. The molecule has 8 heteroatoms. The van der Waals surface area contributed by atoms with Crippen molar-refractivity contribution in [2.75, 3.05) is 34.4 Å². The lowest BCUT2D eigenvalue weighted by Gasteiger charge is -2.17. The van der Waals surface area contributed by atoms with E-state index in [1.54, 1.807) is 38.4 Å². The molecule has 0 unspecified atom stereocenters. The highest BCUT2D eigenvalue weighted by Gasteiger charge is 2.36. The summed E-state index contributed by atoms with van der Waals surface area (Å²) in [6.45, 7) is 2.26. The lowest BCUT2D eigenvalue weighted by Crippen LogP contribution is -2.33. The third-order valence-electron chi connectivity index (χ3n) is 3.64. The van der Waals surface area contributed by atoms with E-state index in [0.29, 0.717) is 23.8 Å². The van der Waals surface area contributed by atoms with Gasteiger partial charge in [-0.3, -0.25) is 14.5 Å². The third-order valence-corrected chi connectivity index (χ3v) is 4.13. The Morgan fingerprint density at radius 1 is 1.28 bits per heavy atom. The van der Waals surface area contributed by atoms with Crippen molar-refractivity contribution in [2.45, 2.75) is 6.92 Å². The molecule has 1 fully saturated rings. The molecule has 1 aromatic carbocycles. The van der Waals surface area contributed by atoms with Crippen molar-refractivity contribution in [2.24, 2.45) is 0 Å². The van der Waals surface area contributed by atoms with Crippen molar-refractivity contribution in [3.63, 3.8) is 0 Å². The molecule has 7 nitrogen and oxygen atoms in total. The Bertz CT molecular complexity index is 732. The number of ether oxygens (including phenoxy) is 3. The van der Waals surface area contributed by atoms with Crippen molar-refractivity contribution in [1.82, 2.24) is 9.80 Å². The van der Waals surface area contributed by atoms with Crippen molar-refractivity contribution >= 4 is 35.3 Å². The van der Waals surface area contributed by atoms with Gasteiger partial charge in [-0.1, -0.05) is 6.07 Å². The number of carbonyl (C=O) groups excluding carboxylic acids is 2. The molecule has 1 aliphatic heterocycles. The summed E-state index contributed by atoms with van der Waals surface area (Å²) in [4.78, 5) is 26.8. The Labute approximate surface area is 151 Å². The summed E-state index contributed by atoms with van der Waals surface area (Å²) in [5.41, 5.74) is 1.01. The van der Waals surface area contributed by atoms with Crippen LogP contribution in [-0.4, -0.2) is 61.2 Å². The quantitative estimate of drug-likeness (QED) is 0.432. The molecule has 0 radical (unpaired) electrons. The minimum absolute atomic E-state index is 0.134. The van der Waals surface area contributed by atoms with E-state index in [4.69, 9.17) is 21.7 Å². The van der Waals surface area contributed by atoms with E-state index >= 15 is 0 Å². The van der Waals surface area contributed by atoms with Crippen LogP contribution in [0.1, 0.15) is 12.5 Å². The van der Waals surface area contributed by atoms with Gasteiger partial charge < -0.3 is 19.1 Å². The van der Waals surface area contributed by atoms with Crippen LogP contribution < -0.4 is 9.47 Å². The van der Waals surface area contributed by atoms with E-state index < -0.39 is 5.97 Å². The van der Waals surface area contributed by atoms with E-state index in [9.17, 15) is 9.59 Å². The van der Waals surface area contributed by atoms with Gasteiger partial charge in [0.15, 0.2) is 16.6 Å². The number of esters is 1. The van der Waals surface area contributed by atoms with Crippen LogP contribution >= 0.6 is 12.2 Å². The molecule has 0 aliphatic carbocycles. The summed E-state index contributed by atoms with van der Waals surface area (Å²) >= 11 is 5.24. The molecule has 0 atom stereocenters. The lowest BCUT2D eigenvalue weighted by atomic mass is 10.1. The Morgan fingerprint density at radius 3 is 2.60 bits per heavy atom. The molecule has 1 aliphatic rings. The Morgan fingerprint density at radius 2 is 2.00 bits per heavy atom. The zero-order valence-electron chi connectivity index (χ0n) is 14.6. The summed E-state index contributed by atoms with van der Waals surface area (Å²) in [5, 5.41) is 0.250. The minimum atomic E-state index is -0.486. The Hall–Kier alpha value is -2.61. The smallest absolute Gasteiger partial charge is 0.325 e. The topological polar surface area (TPSA) is 68.3 Å². The monoisotopic (exact) mass is 364 g/mol. The van der Waals surface area contributed by atoms with Gasteiger partial charge in [0, 0.05) is 7.05 Å². The standard InChI is InChI=1S/C17H20N2O5S/c1-5-24-13-7-6-11(9-14(13)22-3)8-12-16(21)18(2)17(25)19(12)10-15(20)23-4/h6-9H,5,10H2,1-4H3/b12-8-. The number of thiocarbonyl (C=S) groups is 1. The van der Waals surface area contributed by atoms with Crippen LogP contribution in [0.2, 0.25) is 0 Å². The van der Waals surface area contributed by atoms with Gasteiger partial charge in [0.25, 0.3) is 5.91 Å². The maximum atomic E-state index is 12.4. The maximum absolute atomic E-state index is 12.4. The molecule has 0 N–H and O–H groups in total. The molecule has 0 spiro atoms. The highest BCUT2D eigenvalue weighted by Crippen LogP contribution is 2.30. The lowest BCUT2D eigenvalue weighted by molar-refractivity contribution is -0.140. The molecule has 0 aromatic heterocycles. The summed E-state index contributed by atoms with van der Waals surface area (Å²) in [6, 6.07) is 5.31. The van der Waals surface area contributed by atoms with Crippen molar-refractivity contribution in [3.05, 3.63) is 29.5 Å². The van der Waals surface area contributed by atoms with Gasteiger partial charge in [-0.15, -0.1) is 0 Å². The molecule has 134 valence electrons. The van der Waals surface area contributed by atoms with Crippen LogP contribution in [0.15, 0.2) is 23.9 Å². The van der Waals surface area contributed by atoms with Crippen LogP contribution in [-0.2, 0) is 14.3 Å². The van der Waals surface area contributed by atoms with E-state index in [0.717, 1.165) is 5.56 Å². The van der Waals surface area contributed by atoms with E-state index in [-0.39, 0.29) is 17.6 Å². The van der Waals surface area contributed by atoms with Gasteiger partial charge in [0.05, 0.1) is 20.8 Å². The molecule has 1 amide bonds. The number of rotatable bonds is 6. The SMILES string of the molecule is CCOc1ccc(/C=C2/C(=O)N(C)C(=S)N2CC(=O)OC)cc1OC. The first-order chi connectivity index (χ1) is 11.9. The molecule has 1 aromatic rings. The van der Waals surface area contributed by atoms with Crippen LogP contribution in [0.3, 0.4) is 0 Å². The molecular weight excluding hydrogens is 344 g/mol. The molecular formula is C17H20N2O5S. The van der Waals surface area contributed by atoms with Crippen LogP contribution in [0, 0.1) is 0 Å². The summed E-state index contributed by atoms with van der Waals surface area (Å²) in [6.07, 6.45) is 1.65. The number of likely N-dealkylation sites (N-methyl/N-ethyl adjacent to an activating group) is 1. The van der Waals surface area contributed by atoms with E-state index in [2.05, 4.69) is 4.74 Å². The number of carbonyl (C=O) groups is 2. The molecule has 2 rings (SSSR count). The number of methoxy groups -OCH3 is 2. The third kappa shape index (κ3) is 3.90. The van der Waals surface area contributed by atoms with Crippen LogP contribution in [0.25, 0.3) is 6.08 Å². The van der Waals surface area contributed by atoms with Crippen LogP contribution in [0.4, 0.5) is 0 Å². The summed E-state index contributed by atoms with van der Waals surface area (Å²) < 4.78 is 15.5. The van der Waals surface area contributed by atoms with Crippen molar-refractivity contribution < 1.29 is 23.8 Å². The first kappa shape index (κ1) is 18.7. The van der Waals surface area contributed by atoms with E-state index in [1.165, 1.54) is 16.9 Å². The van der Waals surface area contributed by atoms with Gasteiger partial charge in [-0.2, -0.15) is 0 Å². The molecule has 1 saturated heterocycles. The average Bonchev–Trinajstić information content (AvgIpc) is 2.81. The second-order valence-corrected chi connectivity index (χ2v) is 5.55. The molecule has 25 heavy (non-hydrogen) atoms. The normalized spacial score (nSPS) is 15.8. The minimum Gasteiger partial charge on any atom is -0.493 e. The highest BCUT2D eigenvalue weighted by atomic mass is 32.1. The molecule has 0 saturated carbocycles. The number of nitrogens with zero attached hydrogens (tertiary/aromatic N) is 2. The van der Waals surface area contributed by atoms with Gasteiger partial charge >= 0.3 is 5.97 Å². The number of amides is 1. The zero-order valence-corrected chi connectivity index (χ0v) is 15.4. The van der Waals surface area contributed by atoms with Gasteiger partial charge in [0.1, 0.15) is 12.2 Å². The molecule has 0 bridgehead atoms. The number of hydrogen-bond donors (Lipinski definition) is 0. The van der Waals surface area contributed by atoms with Gasteiger partial charge in [-0.05, 0) is 42.9 Å². The van der Waals surface area contributed by atoms with Crippen LogP contribution in [0.5, 0.6) is 11.5 Å². The number of benzene rings is 1. The Balaban J connectivity index is 2.40. The first-order valence-corrected chi connectivity index (χ1v) is 8.02. The first-order valence-electron chi connectivity index (χ1n) is 7.61. The fourth-order valence-electron chi connectivity index (χ4n) is 2.35. The average molecular weight is 364 g/mol. The van der Waals surface area contributed by atoms with Crippen molar-refractivity contribution in [1.29, 1.82) is 0 Å². The second kappa shape index (κ2) is 7.98. The summed E-state index contributed by atoms with van der Waals surface area (Å²) in [5.74, 6) is 0.392. The second-order valence-electron chi connectivity index (χ2n) is 5.18. The number of hydrogen-bond acceptors (Lipinski definition) is 6. The fraction of sp³-hybridized carbons (Fsp3) is 0.353. The highest BCUT2D eigenvalue weighted by molar-refractivity contribution is 7.80. The largest absolute Gasteiger partial charge is 0.493 e. The fourth-order valence-corrected chi connectivity index (χ4v) is 2.60. The van der Waals surface area contributed by atoms with Gasteiger partial charge in [-0.25, -0.2) is 0 Å². The predicted octanol–water partition coefficient (Wildman–Crippen LogP) is 1.67. The van der Waals surface area contributed by atoms with Crippen molar-refractivity contribution in [3.8, 4) is 11.5 Å². The summed E-state index contributed by atoms with van der Waals surface area (Å²) in [7, 11) is 4.39. The predicted molar refractivity (Wildman–Crippen MR) is 96.2 cm³/mol.